The summed E-state index contributed by atoms with van der Waals surface area (Å²) in [5.74, 6) is -0.0504. The number of hydrogen-bond donors (Lipinski definition) is 1. The highest BCUT2D eigenvalue weighted by atomic mass is 19.1. The van der Waals surface area contributed by atoms with E-state index >= 15 is 0 Å². The number of benzene rings is 1. The second-order valence-corrected chi connectivity index (χ2v) is 5.91. The summed E-state index contributed by atoms with van der Waals surface area (Å²) in [5.41, 5.74) is 8.00. The van der Waals surface area contributed by atoms with Crippen LogP contribution in [0, 0.1) is 12.7 Å². The number of hydrogen-bond acceptors (Lipinski definition) is 5. The summed E-state index contributed by atoms with van der Waals surface area (Å²) < 4.78 is 24.0. The van der Waals surface area contributed by atoms with Crippen molar-refractivity contribution in [2.24, 2.45) is 0 Å². The third kappa shape index (κ3) is 4.45. The van der Waals surface area contributed by atoms with E-state index < -0.39 is 0 Å². The van der Waals surface area contributed by atoms with Gasteiger partial charge in [-0.3, -0.25) is 9.78 Å². The number of anilines is 1. The van der Waals surface area contributed by atoms with Gasteiger partial charge in [0, 0.05) is 17.9 Å². The molecule has 1 saturated heterocycles. The minimum atomic E-state index is -0.348. The predicted molar refractivity (Wildman–Crippen MR) is 90.6 cm³/mol. The number of nitrogen functional groups attached to an aromatic ring is 1. The van der Waals surface area contributed by atoms with Crippen LogP contribution < -0.4 is 10.5 Å². The van der Waals surface area contributed by atoms with Crippen LogP contribution in [0.15, 0.2) is 36.4 Å². The van der Waals surface area contributed by atoms with Crippen LogP contribution in [-0.4, -0.2) is 42.1 Å². The zero-order valence-electron chi connectivity index (χ0n) is 13.9. The number of aromatic nitrogens is 1. The predicted octanol–water partition coefficient (Wildman–Crippen LogP) is 2.09. The molecule has 0 bridgehead atoms. The number of carbonyl (C=O) groups is 1. The maximum atomic E-state index is 12.9. The van der Waals surface area contributed by atoms with Gasteiger partial charge in [0.2, 0.25) is 0 Å². The number of pyridine rings is 1. The number of rotatable bonds is 4. The highest BCUT2D eigenvalue weighted by Gasteiger charge is 2.26. The van der Waals surface area contributed by atoms with Crippen molar-refractivity contribution in [1.82, 2.24) is 9.88 Å². The van der Waals surface area contributed by atoms with Gasteiger partial charge in [0.25, 0.3) is 5.91 Å². The van der Waals surface area contributed by atoms with Gasteiger partial charge in [-0.15, -0.1) is 0 Å². The van der Waals surface area contributed by atoms with Crippen LogP contribution in [0.4, 0.5) is 10.1 Å². The van der Waals surface area contributed by atoms with Crippen LogP contribution in [0.5, 0.6) is 5.75 Å². The minimum absolute atomic E-state index is 0.109. The van der Waals surface area contributed by atoms with Crippen LogP contribution in [0.3, 0.4) is 0 Å². The molecule has 1 aliphatic heterocycles. The Labute approximate surface area is 145 Å². The number of carbonyl (C=O) groups excluding carboxylic acids is 1. The van der Waals surface area contributed by atoms with E-state index in [4.69, 9.17) is 15.2 Å². The molecule has 2 aromatic rings. The van der Waals surface area contributed by atoms with Gasteiger partial charge in [-0.05, 0) is 43.3 Å². The summed E-state index contributed by atoms with van der Waals surface area (Å²) in [6, 6.07) is 9.11. The van der Waals surface area contributed by atoms with Crippen molar-refractivity contribution in [3.63, 3.8) is 0 Å². The summed E-state index contributed by atoms with van der Waals surface area (Å²) in [6.45, 7) is 3.05. The topological polar surface area (TPSA) is 77.7 Å². The van der Waals surface area contributed by atoms with Crippen LogP contribution in [0.25, 0.3) is 0 Å². The molecule has 1 aromatic heterocycles. The Balaban J connectivity index is 1.60. The SMILES string of the molecule is Cc1cc(N)cc([C@@H]2CN(C(=O)COc3ccc(F)cc3)CCO2)n1. The molecule has 2 heterocycles. The fourth-order valence-corrected chi connectivity index (χ4v) is 2.71. The number of halogens is 1. The lowest BCUT2D eigenvalue weighted by molar-refractivity contribution is -0.141. The molecule has 0 aliphatic carbocycles. The summed E-state index contributed by atoms with van der Waals surface area (Å²) in [7, 11) is 0. The van der Waals surface area contributed by atoms with Gasteiger partial charge in [-0.1, -0.05) is 0 Å². The molecule has 132 valence electrons. The molecule has 2 N–H and O–H groups in total. The van der Waals surface area contributed by atoms with Crippen LogP contribution in [-0.2, 0) is 9.53 Å². The molecular formula is C18H20FN3O3. The highest BCUT2D eigenvalue weighted by molar-refractivity contribution is 5.78. The fraction of sp³-hybridized carbons (Fsp3) is 0.333. The molecule has 1 fully saturated rings. The lowest BCUT2D eigenvalue weighted by Gasteiger charge is -2.32. The van der Waals surface area contributed by atoms with Crippen molar-refractivity contribution in [3.05, 3.63) is 53.6 Å². The van der Waals surface area contributed by atoms with Crippen LogP contribution in [0.1, 0.15) is 17.5 Å². The number of nitrogens with zero attached hydrogens (tertiary/aromatic N) is 2. The lowest BCUT2D eigenvalue weighted by Crippen LogP contribution is -2.44. The molecule has 6 nitrogen and oxygen atoms in total. The van der Waals surface area contributed by atoms with Crippen molar-refractivity contribution in [2.75, 3.05) is 32.0 Å². The van der Waals surface area contributed by atoms with Crippen LogP contribution >= 0.6 is 0 Å². The number of aryl methyl sites for hydroxylation is 1. The Morgan fingerprint density at radius 2 is 2.16 bits per heavy atom. The number of ether oxygens (including phenoxy) is 2. The van der Waals surface area contributed by atoms with E-state index in [-0.39, 0.29) is 24.4 Å². The zero-order valence-corrected chi connectivity index (χ0v) is 13.9. The first kappa shape index (κ1) is 17.2. The lowest BCUT2D eigenvalue weighted by atomic mass is 10.1. The molecule has 0 unspecified atom stereocenters. The third-order valence-electron chi connectivity index (χ3n) is 3.92. The molecule has 0 saturated carbocycles. The standard InChI is InChI=1S/C18H20FN3O3/c1-12-8-14(20)9-16(21-12)17-10-22(6-7-24-17)18(23)11-25-15-4-2-13(19)3-5-15/h2-5,8-9,17H,6-7,10-11H2,1H3,(H2,20,21)/t17-/m0/s1. The molecule has 3 rings (SSSR count). The van der Waals surface area contributed by atoms with E-state index in [1.54, 1.807) is 17.0 Å². The fourth-order valence-electron chi connectivity index (χ4n) is 2.71. The summed E-state index contributed by atoms with van der Waals surface area (Å²) >= 11 is 0. The van der Waals surface area contributed by atoms with Crippen molar-refractivity contribution < 1.29 is 18.7 Å². The molecule has 0 spiro atoms. The van der Waals surface area contributed by atoms with Gasteiger partial charge in [0.05, 0.1) is 18.8 Å². The normalized spacial score (nSPS) is 17.4. The van der Waals surface area contributed by atoms with E-state index in [0.29, 0.717) is 31.1 Å². The van der Waals surface area contributed by atoms with E-state index in [1.165, 1.54) is 24.3 Å². The van der Waals surface area contributed by atoms with Gasteiger partial charge < -0.3 is 20.1 Å². The molecule has 7 heteroatoms. The van der Waals surface area contributed by atoms with Gasteiger partial charge in [0.15, 0.2) is 6.61 Å². The number of morpholine rings is 1. The van der Waals surface area contributed by atoms with Gasteiger partial charge >= 0.3 is 0 Å². The second kappa shape index (κ2) is 7.48. The average molecular weight is 345 g/mol. The van der Waals surface area contributed by atoms with E-state index in [2.05, 4.69) is 4.98 Å². The number of nitrogens with two attached hydrogens (primary N) is 1. The first-order valence-corrected chi connectivity index (χ1v) is 8.03. The Morgan fingerprint density at radius 3 is 2.88 bits per heavy atom. The Hall–Kier alpha value is -2.67. The van der Waals surface area contributed by atoms with Crippen LogP contribution in [0.2, 0.25) is 0 Å². The quantitative estimate of drug-likeness (QED) is 0.918. The van der Waals surface area contributed by atoms with Crippen molar-refractivity contribution in [3.8, 4) is 5.75 Å². The Kier molecular flexibility index (Phi) is 5.14. The smallest absolute Gasteiger partial charge is 0.260 e. The molecule has 1 aliphatic rings. The minimum Gasteiger partial charge on any atom is -0.484 e. The molecular weight excluding hydrogens is 325 g/mol. The monoisotopic (exact) mass is 345 g/mol. The molecule has 1 amide bonds. The first-order chi connectivity index (χ1) is 12.0. The average Bonchev–Trinajstić information content (AvgIpc) is 2.60. The summed E-state index contributed by atoms with van der Waals surface area (Å²) in [4.78, 5) is 18.5. The van der Waals surface area contributed by atoms with Crippen molar-refractivity contribution in [2.45, 2.75) is 13.0 Å². The zero-order chi connectivity index (χ0) is 17.8. The first-order valence-electron chi connectivity index (χ1n) is 8.03. The molecule has 25 heavy (non-hydrogen) atoms. The van der Waals surface area contributed by atoms with Gasteiger partial charge in [-0.25, -0.2) is 4.39 Å². The van der Waals surface area contributed by atoms with Gasteiger partial charge in [0.1, 0.15) is 17.7 Å². The van der Waals surface area contributed by atoms with E-state index in [9.17, 15) is 9.18 Å². The summed E-state index contributed by atoms with van der Waals surface area (Å²) in [6.07, 6.45) is -0.314. The largest absolute Gasteiger partial charge is 0.484 e. The maximum absolute atomic E-state index is 12.9. The van der Waals surface area contributed by atoms with Crippen molar-refractivity contribution in [1.29, 1.82) is 0 Å². The molecule has 1 atom stereocenters. The Morgan fingerprint density at radius 1 is 1.40 bits per heavy atom. The molecule has 1 aromatic carbocycles. The number of amides is 1. The summed E-state index contributed by atoms with van der Waals surface area (Å²) in [5, 5.41) is 0. The highest BCUT2D eigenvalue weighted by Crippen LogP contribution is 2.23. The van der Waals surface area contributed by atoms with Gasteiger partial charge in [-0.2, -0.15) is 0 Å². The third-order valence-corrected chi connectivity index (χ3v) is 3.92. The second-order valence-electron chi connectivity index (χ2n) is 5.91. The van der Waals surface area contributed by atoms with Crippen molar-refractivity contribution >= 4 is 11.6 Å². The van der Waals surface area contributed by atoms with E-state index in [0.717, 1.165) is 11.4 Å². The Bertz CT molecular complexity index is 731. The maximum Gasteiger partial charge on any atom is 0.260 e. The molecule has 0 radical (unpaired) electrons. The van der Waals surface area contributed by atoms with E-state index in [1.807, 2.05) is 6.92 Å².